The zero-order chi connectivity index (χ0) is 23.6. The molecule has 9 heteroatoms. The predicted octanol–water partition coefficient (Wildman–Crippen LogP) is 1.52. The Bertz CT molecular complexity index is 953. The molecule has 2 amide bonds. The number of likely N-dealkylation sites (tertiary alicyclic amines) is 1. The van der Waals surface area contributed by atoms with Gasteiger partial charge in [0.05, 0.1) is 6.61 Å². The number of nitrogen functional groups attached to an aromatic ring is 1. The van der Waals surface area contributed by atoms with E-state index in [1.807, 2.05) is 12.1 Å². The normalized spacial score (nSPS) is 16.8. The van der Waals surface area contributed by atoms with Gasteiger partial charge < -0.3 is 20.7 Å². The van der Waals surface area contributed by atoms with Gasteiger partial charge in [-0.05, 0) is 55.5 Å². The van der Waals surface area contributed by atoms with Crippen molar-refractivity contribution >= 4 is 23.6 Å². The highest BCUT2D eigenvalue weighted by Gasteiger charge is 2.31. The maximum absolute atomic E-state index is 13.0. The molecule has 0 saturated carbocycles. The van der Waals surface area contributed by atoms with E-state index < -0.39 is 17.9 Å². The van der Waals surface area contributed by atoms with Crippen LogP contribution in [0.5, 0.6) is 0 Å². The molecule has 1 aliphatic heterocycles. The van der Waals surface area contributed by atoms with Crippen LogP contribution in [0.2, 0.25) is 0 Å². The lowest BCUT2D eigenvalue weighted by atomic mass is 9.93. The van der Waals surface area contributed by atoms with Crippen molar-refractivity contribution in [3.8, 4) is 0 Å². The minimum absolute atomic E-state index is 0.0293. The van der Waals surface area contributed by atoms with Gasteiger partial charge in [0.2, 0.25) is 11.8 Å². The summed E-state index contributed by atoms with van der Waals surface area (Å²) in [6, 6.07) is 6.47. The second kappa shape index (κ2) is 11.9. The number of amides is 2. The fraction of sp³-hybridized carbons (Fsp3) is 0.458. The highest BCUT2D eigenvalue weighted by Crippen LogP contribution is 2.22. The number of anilines is 1. The highest BCUT2D eigenvalue weighted by atomic mass is 16.5. The molecule has 3 rings (SSSR count). The summed E-state index contributed by atoms with van der Waals surface area (Å²) in [4.78, 5) is 48.0. The molecule has 0 bridgehead atoms. The van der Waals surface area contributed by atoms with Gasteiger partial charge in [-0.3, -0.25) is 14.6 Å². The number of aromatic nitrogens is 2. The summed E-state index contributed by atoms with van der Waals surface area (Å²) < 4.78 is 5.13. The van der Waals surface area contributed by atoms with Crippen molar-refractivity contribution in [1.29, 1.82) is 0 Å². The van der Waals surface area contributed by atoms with Crippen LogP contribution in [-0.2, 0) is 32.0 Å². The summed E-state index contributed by atoms with van der Waals surface area (Å²) in [5.74, 6) is -0.808. The molecule has 2 aromatic heterocycles. The Kier molecular flexibility index (Phi) is 8.74. The van der Waals surface area contributed by atoms with Crippen LogP contribution in [0.1, 0.15) is 37.3 Å². The Hall–Kier alpha value is -3.49. The second-order valence-electron chi connectivity index (χ2n) is 8.15. The van der Waals surface area contributed by atoms with E-state index in [4.69, 9.17) is 10.5 Å². The van der Waals surface area contributed by atoms with E-state index in [1.54, 1.807) is 42.5 Å². The number of hydrogen-bond acceptors (Lipinski definition) is 7. The lowest BCUT2D eigenvalue weighted by molar-refractivity contribution is -0.147. The van der Waals surface area contributed by atoms with Crippen LogP contribution in [0.15, 0.2) is 42.9 Å². The zero-order valence-corrected chi connectivity index (χ0v) is 18.9. The van der Waals surface area contributed by atoms with Gasteiger partial charge >= 0.3 is 5.97 Å². The topological polar surface area (TPSA) is 128 Å². The molecular weight excluding hydrogens is 422 g/mol. The fourth-order valence-corrected chi connectivity index (χ4v) is 4.01. The number of hydrogen-bond donors (Lipinski definition) is 2. The molecule has 0 aliphatic carbocycles. The van der Waals surface area contributed by atoms with Crippen LogP contribution in [0.3, 0.4) is 0 Å². The fourth-order valence-electron chi connectivity index (χ4n) is 4.01. The second-order valence-corrected chi connectivity index (χ2v) is 8.15. The van der Waals surface area contributed by atoms with E-state index in [0.29, 0.717) is 31.7 Å². The first kappa shape index (κ1) is 24.2. The van der Waals surface area contributed by atoms with E-state index in [-0.39, 0.29) is 31.3 Å². The van der Waals surface area contributed by atoms with E-state index in [0.717, 1.165) is 17.5 Å². The van der Waals surface area contributed by atoms with Crippen molar-refractivity contribution in [3.05, 3.63) is 54.0 Å². The van der Waals surface area contributed by atoms with Gasteiger partial charge in [-0.2, -0.15) is 0 Å². The molecule has 9 nitrogen and oxygen atoms in total. The number of ether oxygens (including phenoxy) is 1. The van der Waals surface area contributed by atoms with E-state index in [9.17, 15) is 14.4 Å². The molecule has 176 valence electrons. The predicted molar refractivity (Wildman–Crippen MR) is 123 cm³/mol. The number of nitrogens with zero attached hydrogens (tertiary/aromatic N) is 3. The molecule has 2 aromatic rings. The van der Waals surface area contributed by atoms with E-state index in [2.05, 4.69) is 15.3 Å². The Morgan fingerprint density at radius 2 is 2.15 bits per heavy atom. The van der Waals surface area contributed by atoms with E-state index >= 15 is 0 Å². The monoisotopic (exact) mass is 453 g/mol. The van der Waals surface area contributed by atoms with Gasteiger partial charge in [0, 0.05) is 50.4 Å². The first-order valence-corrected chi connectivity index (χ1v) is 11.3. The maximum Gasteiger partial charge on any atom is 0.328 e. The van der Waals surface area contributed by atoms with Gasteiger partial charge in [0.1, 0.15) is 11.9 Å². The van der Waals surface area contributed by atoms with Crippen molar-refractivity contribution in [1.82, 2.24) is 20.2 Å². The quantitative estimate of drug-likeness (QED) is 0.522. The third-order valence-corrected chi connectivity index (χ3v) is 5.66. The largest absolute Gasteiger partial charge is 0.464 e. The standard InChI is InChI=1S/C24H31N5O4/c1-2-33-24(32)20(13-18-5-3-9-26-16-18)28-22(30)15-19-6-4-11-29(23(19)31)12-8-17-7-10-27-21(25)14-17/h3,5,7,9-10,14,16,19-20H,2,4,6,8,11-13,15H2,1H3,(H2,25,27)(H,28,30)/t19-,20?/m1/s1. The molecule has 1 aliphatic rings. The Labute approximate surface area is 193 Å². The first-order valence-electron chi connectivity index (χ1n) is 11.3. The number of nitrogens with two attached hydrogens (primary N) is 1. The first-order chi connectivity index (χ1) is 16.0. The number of nitrogens with one attached hydrogen (secondary N) is 1. The van der Waals surface area contributed by atoms with Gasteiger partial charge in [-0.25, -0.2) is 9.78 Å². The summed E-state index contributed by atoms with van der Waals surface area (Å²) in [5, 5.41) is 2.76. The summed E-state index contributed by atoms with van der Waals surface area (Å²) in [6.45, 7) is 3.17. The molecule has 3 heterocycles. The number of esters is 1. The summed E-state index contributed by atoms with van der Waals surface area (Å²) in [7, 11) is 0. The summed E-state index contributed by atoms with van der Waals surface area (Å²) in [6.07, 6.45) is 7.42. The minimum Gasteiger partial charge on any atom is -0.464 e. The summed E-state index contributed by atoms with van der Waals surface area (Å²) >= 11 is 0. The Balaban J connectivity index is 1.56. The van der Waals surface area contributed by atoms with Crippen LogP contribution in [0.4, 0.5) is 5.82 Å². The minimum atomic E-state index is -0.825. The smallest absolute Gasteiger partial charge is 0.328 e. The highest BCUT2D eigenvalue weighted by molar-refractivity contribution is 5.89. The van der Waals surface area contributed by atoms with Gasteiger partial charge in [-0.15, -0.1) is 0 Å². The van der Waals surface area contributed by atoms with Crippen molar-refractivity contribution in [3.63, 3.8) is 0 Å². The molecule has 2 atom stereocenters. The lowest BCUT2D eigenvalue weighted by Gasteiger charge is -2.32. The molecule has 0 aromatic carbocycles. The molecule has 0 spiro atoms. The third kappa shape index (κ3) is 7.27. The molecule has 3 N–H and O–H groups in total. The van der Waals surface area contributed by atoms with Crippen LogP contribution in [0, 0.1) is 5.92 Å². The Morgan fingerprint density at radius 3 is 2.88 bits per heavy atom. The van der Waals surface area contributed by atoms with Crippen molar-refractivity contribution in [2.75, 3.05) is 25.4 Å². The van der Waals surface area contributed by atoms with Crippen LogP contribution >= 0.6 is 0 Å². The summed E-state index contributed by atoms with van der Waals surface area (Å²) in [5.41, 5.74) is 7.56. The number of carbonyl (C=O) groups excluding carboxylic acids is 3. The van der Waals surface area contributed by atoms with Crippen molar-refractivity contribution in [2.45, 2.75) is 45.1 Å². The average Bonchev–Trinajstić information content (AvgIpc) is 2.80. The molecular formula is C24H31N5O4. The third-order valence-electron chi connectivity index (χ3n) is 5.66. The lowest BCUT2D eigenvalue weighted by Crippen LogP contribution is -2.47. The van der Waals surface area contributed by atoms with Gasteiger partial charge in [0.15, 0.2) is 0 Å². The average molecular weight is 454 g/mol. The number of carbonyl (C=O) groups is 3. The Morgan fingerprint density at radius 1 is 1.30 bits per heavy atom. The van der Waals surface area contributed by atoms with Crippen LogP contribution < -0.4 is 11.1 Å². The molecule has 33 heavy (non-hydrogen) atoms. The molecule has 1 fully saturated rings. The maximum atomic E-state index is 13.0. The number of piperidine rings is 1. The van der Waals surface area contributed by atoms with Gasteiger partial charge in [-0.1, -0.05) is 6.07 Å². The molecule has 1 unspecified atom stereocenters. The van der Waals surface area contributed by atoms with Crippen LogP contribution in [-0.4, -0.2) is 58.4 Å². The van der Waals surface area contributed by atoms with Crippen LogP contribution in [0.25, 0.3) is 0 Å². The zero-order valence-electron chi connectivity index (χ0n) is 18.9. The molecule has 0 radical (unpaired) electrons. The number of pyridine rings is 2. The van der Waals surface area contributed by atoms with Crippen molar-refractivity contribution in [2.24, 2.45) is 5.92 Å². The SMILES string of the molecule is CCOC(=O)C(Cc1cccnc1)NC(=O)C[C@H]1CCCN(CCc2ccnc(N)c2)C1=O. The number of rotatable bonds is 10. The molecule has 1 saturated heterocycles. The van der Waals surface area contributed by atoms with Gasteiger partial charge in [0.25, 0.3) is 0 Å². The van der Waals surface area contributed by atoms with E-state index in [1.165, 1.54) is 0 Å². The van der Waals surface area contributed by atoms with Crippen molar-refractivity contribution < 1.29 is 19.1 Å².